The SMILES string of the molecule is CN1CCC1COC(=O)c1ccc(-c2ccc(Cl)cc2Cl)cc1. The molecular weight excluding hydrogens is 333 g/mol. The number of esters is 1. The molecule has 3 rings (SSSR count). The lowest BCUT2D eigenvalue weighted by molar-refractivity contribution is 0.0187. The van der Waals surface area contributed by atoms with Gasteiger partial charge in [-0.15, -0.1) is 0 Å². The van der Waals surface area contributed by atoms with Crippen molar-refractivity contribution >= 4 is 29.2 Å². The highest BCUT2D eigenvalue weighted by molar-refractivity contribution is 6.36. The lowest BCUT2D eigenvalue weighted by atomic mass is 10.0. The van der Waals surface area contributed by atoms with Gasteiger partial charge in [0.1, 0.15) is 6.61 Å². The molecule has 0 saturated carbocycles. The number of benzene rings is 2. The van der Waals surface area contributed by atoms with Crippen LogP contribution in [-0.2, 0) is 4.74 Å². The van der Waals surface area contributed by atoms with Crippen LogP contribution in [0.2, 0.25) is 10.0 Å². The van der Waals surface area contributed by atoms with Gasteiger partial charge >= 0.3 is 5.97 Å². The van der Waals surface area contributed by atoms with Gasteiger partial charge in [0.15, 0.2) is 0 Å². The highest BCUT2D eigenvalue weighted by atomic mass is 35.5. The van der Waals surface area contributed by atoms with E-state index in [1.807, 2.05) is 25.2 Å². The molecule has 5 heteroatoms. The Labute approximate surface area is 145 Å². The third kappa shape index (κ3) is 3.69. The molecule has 2 aromatic rings. The summed E-state index contributed by atoms with van der Waals surface area (Å²) in [6, 6.07) is 13.0. The highest BCUT2D eigenvalue weighted by Crippen LogP contribution is 2.30. The maximum atomic E-state index is 12.1. The number of likely N-dealkylation sites (N-methyl/N-ethyl adjacent to an activating group) is 1. The molecule has 0 amide bonds. The van der Waals surface area contributed by atoms with Crippen molar-refractivity contribution < 1.29 is 9.53 Å². The summed E-state index contributed by atoms with van der Waals surface area (Å²) in [7, 11) is 2.03. The van der Waals surface area contributed by atoms with E-state index in [2.05, 4.69) is 4.90 Å². The first kappa shape index (κ1) is 16.3. The van der Waals surface area contributed by atoms with E-state index in [1.165, 1.54) is 0 Å². The van der Waals surface area contributed by atoms with Gasteiger partial charge in [-0.1, -0.05) is 41.4 Å². The van der Waals surface area contributed by atoms with Crippen molar-refractivity contribution in [3.63, 3.8) is 0 Å². The lowest BCUT2D eigenvalue weighted by Gasteiger charge is -2.37. The van der Waals surface area contributed by atoms with Gasteiger partial charge in [0, 0.05) is 21.7 Å². The Balaban J connectivity index is 1.67. The molecule has 1 aliphatic rings. The Kier molecular flexibility index (Phi) is 4.90. The first-order valence-electron chi connectivity index (χ1n) is 7.47. The third-order valence-electron chi connectivity index (χ3n) is 4.21. The Morgan fingerprint density at radius 1 is 1.22 bits per heavy atom. The van der Waals surface area contributed by atoms with Crippen LogP contribution in [0.4, 0.5) is 0 Å². The quantitative estimate of drug-likeness (QED) is 0.760. The van der Waals surface area contributed by atoms with E-state index in [4.69, 9.17) is 27.9 Å². The van der Waals surface area contributed by atoms with Gasteiger partial charge in [-0.05, 0) is 49.8 Å². The lowest BCUT2D eigenvalue weighted by Crippen LogP contribution is -2.47. The number of likely N-dealkylation sites (tertiary alicyclic amines) is 1. The topological polar surface area (TPSA) is 29.5 Å². The number of rotatable bonds is 4. The van der Waals surface area contributed by atoms with Gasteiger partial charge in [-0.3, -0.25) is 4.90 Å². The van der Waals surface area contributed by atoms with Crippen molar-refractivity contribution in [2.45, 2.75) is 12.5 Å². The number of hydrogen-bond acceptors (Lipinski definition) is 3. The molecule has 0 aliphatic carbocycles. The molecule has 0 bridgehead atoms. The van der Waals surface area contributed by atoms with Crippen LogP contribution in [0, 0.1) is 0 Å². The Bertz CT molecular complexity index is 715. The summed E-state index contributed by atoms with van der Waals surface area (Å²) >= 11 is 12.1. The van der Waals surface area contributed by atoms with Crippen LogP contribution in [0.1, 0.15) is 16.8 Å². The number of nitrogens with zero attached hydrogens (tertiary/aromatic N) is 1. The van der Waals surface area contributed by atoms with Gasteiger partial charge in [0.2, 0.25) is 0 Å². The second-order valence-corrected chi connectivity index (χ2v) is 6.57. The fraction of sp³-hybridized carbons (Fsp3) is 0.278. The molecule has 3 nitrogen and oxygen atoms in total. The standard InChI is InChI=1S/C18H17Cl2NO2/c1-21-9-8-15(21)11-23-18(22)13-4-2-12(3-5-13)16-7-6-14(19)10-17(16)20/h2-7,10,15H,8-9,11H2,1H3. The predicted octanol–water partition coefficient (Wildman–Crippen LogP) is 4.52. The van der Waals surface area contributed by atoms with Crippen LogP contribution >= 0.6 is 23.2 Å². The number of ether oxygens (including phenoxy) is 1. The summed E-state index contributed by atoms with van der Waals surface area (Å²) in [4.78, 5) is 14.3. The van der Waals surface area contributed by atoms with Gasteiger partial charge in [-0.2, -0.15) is 0 Å². The maximum absolute atomic E-state index is 12.1. The van der Waals surface area contributed by atoms with Crippen molar-refractivity contribution in [1.82, 2.24) is 4.90 Å². The average Bonchev–Trinajstić information content (AvgIpc) is 2.53. The first-order valence-corrected chi connectivity index (χ1v) is 8.23. The average molecular weight is 350 g/mol. The minimum atomic E-state index is -0.293. The van der Waals surface area contributed by atoms with E-state index in [9.17, 15) is 4.79 Å². The maximum Gasteiger partial charge on any atom is 0.338 e. The predicted molar refractivity (Wildman–Crippen MR) is 93.2 cm³/mol. The molecule has 120 valence electrons. The van der Waals surface area contributed by atoms with E-state index in [1.54, 1.807) is 24.3 Å². The third-order valence-corrected chi connectivity index (χ3v) is 4.76. The number of carbonyl (C=O) groups is 1. The van der Waals surface area contributed by atoms with Crippen LogP contribution < -0.4 is 0 Å². The van der Waals surface area contributed by atoms with E-state index >= 15 is 0 Å². The van der Waals surface area contributed by atoms with Crippen LogP contribution in [0.15, 0.2) is 42.5 Å². The van der Waals surface area contributed by atoms with Crippen LogP contribution in [0.5, 0.6) is 0 Å². The second-order valence-electron chi connectivity index (χ2n) is 5.72. The molecule has 0 spiro atoms. The van der Waals surface area contributed by atoms with Crippen molar-refractivity contribution in [3.05, 3.63) is 58.1 Å². The minimum absolute atomic E-state index is 0.293. The number of carbonyl (C=O) groups excluding carboxylic acids is 1. The van der Waals surface area contributed by atoms with Crippen LogP contribution in [-0.4, -0.2) is 37.1 Å². The molecule has 1 heterocycles. The minimum Gasteiger partial charge on any atom is -0.460 e. The summed E-state index contributed by atoms with van der Waals surface area (Å²) in [5, 5.41) is 1.18. The molecule has 0 N–H and O–H groups in total. The van der Waals surface area contributed by atoms with Gasteiger partial charge in [0.05, 0.1) is 5.56 Å². The van der Waals surface area contributed by atoms with Gasteiger partial charge in [-0.25, -0.2) is 4.79 Å². The van der Waals surface area contributed by atoms with E-state index in [0.29, 0.717) is 28.3 Å². The van der Waals surface area contributed by atoms with E-state index in [0.717, 1.165) is 24.1 Å². The first-order chi connectivity index (χ1) is 11.0. The summed E-state index contributed by atoms with van der Waals surface area (Å²) in [6.45, 7) is 1.51. The number of halogens is 2. The highest BCUT2D eigenvalue weighted by Gasteiger charge is 2.25. The van der Waals surface area contributed by atoms with Crippen LogP contribution in [0.25, 0.3) is 11.1 Å². The molecule has 23 heavy (non-hydrogen) atoms. The molecule has 1 aliphatic heterocycles. The monoisotopic (exact) mass is 349 g/mol. The van der Waals surface area contributed by atoms with Gasteiger partial charge < -0.3 is 4.74 Å². The summed E-state index contributed by atoms with van der Waals surface area (Å²) in [5.41, 5.74) is 2.36. The molecule has 1 atom stereocenters. The fourth-order valence-electron chi connectivity index (χ4n) is 2.55. The molecular formula is C18H17Cl2NO2. The zero-order chi connectivity index (χ0) is 16.4. The van der Waals surface area contributed by atoms with Crippen molar-refractivity contribution in [3.8, 4) is 11.1 Å². The summed E-state index contributed by atoms with van der Waals surface area (Å²) < 4.78 is 5.36. The zero-order valence-electron chi connectivity index (χ0n) is 12.8. The van der Waals surface area contributed by atoms with E-state index in [-0.39, 0.29) is 5.97 Å². The Morgan fingerprint density at radius 2 is 1.96 bits per heavy atom. The largest absolute Gasteiger partial charge is 0.460 e. The molecule has 0 aromatic heterocycles. The second kappa shape index (κ2) is 6.91. The summed E-state index contributed by atoms with van der Waals surface area (Å²) in [6.07, 6.45) is 1.08. The normalized spacial score (nSPS) is 17.6. The van der Waals surface area contributed by atoms with Crippen LogP contribution in [0.3, 0.4) is 0 Å². The molecule has 1 fully saturated rings. The smallest absolute Gasteiger partial charge is 0.338 e. The Morgan fingerprint density at radius 3 is 2.52 bits per heavy atom. The summed E-state index contributed by atoms with van der Waals surface area (Å²) in [5.74, 6) is -0.293. The van der Waals surface area contributed by atoms with Gasteiger partial charge in [0.25, 0.3) is 0 Å². The van der Waals surface area contributed by atoms with E-state index < -0.39 is 0 Å². The van der Waals surface area contributed by atoms with Crippen molar-refractivity contribution in [1.29, 1.82) is 0 Å². The molecule has 0 radical (unpaired) electrons. The molecule has 1 saturated heterocycles. The fourth-order valence-corrected chi connectivity index (χ4v) is 3.06. The zero-order valence-corrected chi connectivity index (χ0v) is 14.3. The molecule has 1 unspecified atom stereocenters. The van der Waals surface area contributed by atoms with Crippen molar-refractivity contribution in [2.24, 2.45) is 0 Å². The Hall–Kier alpha value is -1.55. The van der Waals surface area contributed by atoms with Crippen molar-refractivity contribution in [2.75, 3.05) is 20.2 Å². The molecule has 2 aromatic carbocycles. The number of hydrogen-bond donors (Lipinski definition) is 0.